The Hall–Kier alpha value is -4.39. The van der Waals surface area contributed by atoms with Gasteiger partial charge in [0, 0.05) is 24.4 Å². The van der Waals surface area contributed by atoms with E-state index < -0.39 is 17.5 Å². The van der Waals surface area contributed by atoms with Gasteiger partial charge < -0.3 is 19.2 Å². The van der Waals surface area contributed by atoms with Crippen LogP contribution in [0.4, 0.5) is 0 Å². The Morgan fingerprint density at radius 3 is 2.56 bits per heavy atom. The van der Waals surface area contributed by atoms with Gasteiger partial charge in [-0.3, -0.25) is 9.59 Å². The van der Waals surface area contributed by atoms with Crippen LogP contribution in [0.1, 0.15) is 39.9 Å². The van der Waals surface area contributed by atoms with Crippen molar-refractivity contribution < 1.29 is 23.5 Å². The van der Waals surface area contributed by atoms with Crippen molar-refractivity contribution in [3.05, 3.63) is 105 Å². The molecule has 0 bridgehead atoms. The highest BCUT2D eigenvalue weighted by atomic mass is 16.5. The molecule has 1 aromatic heterocycles. The maximum Gasteiger partial charge on any atom is 0.349 e. The van der Waals surface area contributed by atoms with Gasteiger partial charge in [-0.05, 0) is 61.2 Å². The van der Waals surface area contributed by atoms with E-state index in [9.17, 15) is 14.4 Å². The number of fused-ring (bicyclic) bond motifs is 1. The molecule has 0 aliphatic carbocycles. The summed E-state index contributed by atoms with van der Waals surface area (Å²) in [6.45, 7) is 4.65. The fourth-order valence-corrected chi connectivity index (χ4v) is 3.63. The number of esters is 1. The molecule has 0 saturated heterocycles. The van der Waals surface area contributed by atoms with E-state index in [-0.39, 0.29) is 23.3 Å². The number of hydrogen-bond acceptors (Lipinski definition) is 6. The largest absolute Gasteiger partial charge is 0.493 e. The van der Waals surface area contributed by atoms with Crippen LogP contribution in [0.25, 0.3) is 11.0 Å². The van der Waals surface area contributed by atoms with Gasteiger partial charge in [-0.2, -0.15) is 0 Å². The van der Waals surface area contributed by atoms with E-state index in [0.717, 1.165) is 22.4 Å². The Labute approximate surface area is 208 Å². The van der Waals surface area contributed by atoms with Crippen molar-refractivity contribution >= 4 is 22.8 Å². The first-order chi connectivity index (χ1) is 17.4. The second kappa shape index (κ2) is 11.4. The van der Waals surface area contributed by atoms with Gasteiger partial charge in [0.25, 0.3) is 5.91 Å². The molecule has 1 N–H and O–H groups in total. The topological polar surface area (TPSA) is 94.8 Å². The van der Waals surface area contributed by atoms with Crippen LogP contribution in [0.3, 0.4) is 0 Å². The fraction of sp³-hybridized carbons (Fsp3) is 0.207. The maximum absolute atomic E-state index is 12.5. The van der Waals surface area contributed by atoms with Crippen molar-refractivity contribution in [3.8, 4) is 11.5 Å². The van der Waals surface area contributed by atoms with Gasteiger partial charge in [-0.25, -0.2) is 4.79 Å². The monoisotopic (exact) mass is 485 g/mol. The number of aryl methyl sites for hydroxylation is 2. The van der Waals surface area contributed by atoms with Crippen LogP contribution in [0.15, 0.2) is 82.0 Å². The molecule has 1 amide bonds. The molecule has 1 heterocycles. The molecule has 4 rings (SSSR count). The predicted molar refractivity (Wildman–Crippen MR) is 136 cm³/mol. The average molecular weight is 486 g/mol. The highest BCUT2D eigenvalue weighted by Gasteiger charge is 2.15. The second-order valence-electron chi connectivity index (χ2n) is 8.51. The quantitative estimate of drug-likeness (QED) is 0.153. The Bertz CT molecular complexity index is 1440. The Kier molecular flexibility index (Phi) is 7.80. The molecule has 0 saturated carbocycles. The molecule has 7 heteroatoms. The number of carbonyl (C=O) groups is 2. The molecular formula is C29H27NO6. The zero-order chi connectivity index (χ0) is 25.5. The van der Waals surface area contributed by atoms with E-state index in [0.29, 0.717) is 25.0 Å². The van der Waals surface area contributed by atoms with Gasteiger partial charge in [0.1, 0.15) is 22.6 Å². The predicted octanol–water partition coefficient (Wildman–Crippen LogP) is 5.10. The van der Waals surface area contributed by atoms with Crippen molar-refractivity contribution in [2.24, 2.45) is 0 Å². The highest BCUT2D eigenvalue weighted by Crippen LogP contribution is 2.22. The summed E-state index contributed by atoms with van der Waals surface area (Å²) in [6.07, 6.45) is 0.670. The standard InChI is InChI=1S/C29H27NO6/c1-19-10-11-20(2)25(15-19)34-14-6-9-27(31)35-23-13-12-22-16-24(29(33)36-26(22)17-23)28(32)30-18-21-7-4-3-5-8-21/h3-5,7-8,10-13,15-17H,6,9,14,18H2,1-2H3,(H,30,32). The normalized spacial score (nSPS) is 10.7. The molecule has 7 nitrogen and oxygen atoms in total. The lowest BCUT2D eigenvalue weighted by molar-refractivity contribution is -0.134. The summed E-state index contributed by atoms with van der Waals surface area (Å²) in [4.78, 5) is 37.2. The molecule has 4 aromatic rings. The van der Waals surface area contributed by atoms with E-state index in [2.05, 4.69) is 5.32 Å². The molecule has 0 fully saturated rings. The molecule has 0 aliphatic heterocycles. The lowest BCUT2D eigenvalue weighted by Gasteiger charge is -2.10. The van der Waals surface area contributed by atoms with Gasteiger partial charge in [-0.1, -0.05) is 42.5 Å². The van der Waals surface area contributed by atoms with Crippen molar-refractivity contribution in [1.29, 1.82) is 0 Å². The van der Waals surface area contributed by atoms with Gasteiger partial charge in [0.2, 0.25) is 0 Å². The second-order valence-corrected chi connectivity index (χ2v) is 8.51. The first-order valence-electron chi connectivity index (χ1n) is 11.7. The van der Waals surface area contributed by atoms with Crippen LogP contribution in [-0.4, -0.2) is 18.5 Å². The first-order valence-corrected chi connectivity index (χ1v) is 11.7. The molecular weight excluding hydrogens is 458 g/mol. The third-order valence-electron chi connectivity index (χ3n) is 5.61. The van der Waals surface area contributed by atoms with E-state index in [1.54, 1.807) is 12.1 Å². The molecule has 0 aliphatic rings. The van der Waals surface area contributed by atoms with Crippen LogP contribution >= 0.6 is 0 Å². The molecule has 0 unspecified atom stereocenters. The van der Waals surface area contributed by atoms with Crippen molar-refractivity contribution in [2.45, 2.75) is 33.2 Å². The van der Waals surface area contributed by atoms with Gasteiger partial charge >= 0.3 is 11.6 Å². The summed E-state index contributed by atoms with van der Waals surface area (Å²) in [5.41, 5.74) is 2.44. The number of carbonyl (C=O) groups excluding carboxylic acids is 2. The number of hydrogen-bond donors (Lipinski definition) is 1. The summed E-state index contributed by atoms with van der Waals surface area (Å²) in [5, 5.41) is 3.26. The summed E-state index contributed by atoms with van der Waals surface area (Å²) in [7, 11) is 0. The van der Waals surface area contributed by atoms with Gasteiger partial charge in [0.05, 0.1) is 6.61 Å². The molecule has 0 atom stereocenters. The number of benzene rings is 3. The molecule has 0 radical (unpaired) electrons. The zero-order valence-corrected chi connectivity index (χ0v) is 20.2. The molecule has 184 valence electrons. The SMILES string of the molecule is Cc1ccc(C)c(OCCCC(=O)Oc2ccc3cc(C(=O)NCc4ccccc4)c(=O)oc3c2)c1. The van der Waals surface area contributed by atoms with E-state index in [1.165, 1.54) is 12.1 Å². The van der Waals surface area contributed by atoms with Gasteiger partial charge in [0.15, 0.2) is 0 Å². The van der Waals surface area contributed by atoms with Crippen LogP contribution in [0.2, 0.25) is 0 Å². The Morgan fingerprint density at radius 1 is 0.944 bits per heavy atom. The molecule has 36 heavy (non-hydrogen) atoms. The third kappa shape index (κ3) is 6.39. The van der Waals surface area contributed by atoms with E-state index in [1.807, 2.05) is 62.4 Å². The van der Waals surface area contributed by atoms with Crippen LogP contribution in [0.5, 0.6) is 11.5 Å². The fourth-order valence-electron chi connectivity index (χ4n) is 3.63. The van der Waals surface area contributed by atoms with Crippen LogP contribution in [-0.2, 0) is 11.3 Å². The van der Waals surface area contributed by atoms with Crippen molar-refractivity contribution in [1.82, 2.24) is 5.32 Å². The van der Waals surface area contributed by atoms with Crippen molar-refractivity contribution in [3.63, 3.8) is 0 Å². The molecule has 3 aromatic carbocycles. The van der Waals surface area contributed by atoms with Crippen molar-refractivity contribution in [2.75, 3.05) is 6.61 Å². The number of nitrogens with one attached hydrogen (secondary N) is 1. The number of rotatable bonds is 9. The minimum Gasteiger partial charge on any atom is -0.493 e. The Morgan fingerprint density at radius 2 is 1.75 bits per heavy atom. The molecule has 0 spiro atoms. The summed E-state index contributed by atoms with van der Waals surface area (Å²) < 4.78 is 16.5. The zero-order valence-electron chi connectivity index (χ0n) is 20.2. The number of amides is 1. The minimum absolute atomic E-state index is 0.0907. The highest BCUT2D eigenvalue weighted by molar-refractivity contribution is 5.96. The summed E-state index contributed by atoms with van der Waals surface area (Å²) in [6, 6.07) is 21.5. The summed E-state index contributed by atoms with van der Waals surface area (Å²) in [5.74, 6) is 0.125. The van der Waals surface area contributed by atoms with Gasteiger partial charge in [-0.15, -0.1) is 0 Å². The van der Waals surface area contributed by atoms with Crippen LogP contribution in [0, 0.1) is 13.8 Å². The maximum atomic E-state index is 12.5. The smallest absolute Gasteiger partial charge is 0.349 e. The minimum atomic E-state index is -0.764. The lowest BCUT2D eigenvalue weighted by Crippen LogP contribution is -2.27. The first kappa shape index (κ1) is 24.7. The average Bonchev–Trinajstić information content (AvgIpc) is 2.87. The lowest BCUT2D eigenvalue weighted by atomic mass is 10.1. The van der Waals surface area contributed by atoms with E-state index >= 15 is 0 Å². The van der Waals surface area contributed by atoms with E-state index in [4.69, 9.17) is 13.9 Å². The van der Waals surface area contributed by atoms with Crippen LogP contribution < -0.4 is 20.4 Å². The summed E-state index contributed by atoms with van der Waals surface area (Å²) >= 11 is 0. The Balaban J connectivity index is 1.32. The number of ether oxygens (including phenoxy) is 2. The third-order valence-corrected chi connectivity index (χ3v) is 5.61.